The first-order valence-corrected chi connectivity index (χ1v) is 15.6. The number of hydrogen-bond acceptors (Lipinski definition) is 6. The fourth-order valence-electron chi connectivity index (χ4n) is 4.91. The number of carbonyl (C=O) groups excluding carboxylic acids is 1. The molecule has 1 atom stereocenters. The van der Waals surface area contributed by atoms with E-state index in [9.17, 15) is 18.0 Å². The summed E-state index contributed by atoms with van der Waals surface area (Å²) in [6.07, 6.45) is -1.51. The van der Waals surface area contributed by atoms with Crippen LogP contribution in [0.1, 0.15) is 44.2 Å². The van der Waals surface area contributed by atoms with Crippen LogP contribution in [0.25, 0.3) is 22.9 Å². The molecule has 1 fully saturated rings. The third-order valence-corrected chi connectivity index (χ3v) is 8.28. The lowest BCUT2D eigenvalue weighted by Gasteiger charge is -2.37. The summed E-state index contributed by atoms with van der Waals surface area (Å²) >= 11 is 1.46. The molecule has 9 nitrogen and oxygen atoms in total. The van der Waals surface area contributed by atoms with Gasteiger partial charge < -0.3 is 19.7 Å². The van der Waals surface area contributed by atoms with Crippen molar-refractivity contribution < 1.29 is 31.8 Å². The van der Waals surface area contributed by atoms with E-state index in [2.05, 4.69) is 45.9 Å². The van der Waals surface area contributed by atoms with E-state index in [1.807, 2.05) is 23.1 Å². The first-order chi connectivity index (χ1) is 22.4. The highest BCUT2D eigenvalue weighted by atomic mass is 32.2. The predicted molar refractivity (Wildman–Crippen MR) is 175 cm³/mol. The van der Waals surface area contributed by atoms with Crippen molar-refractivity contribution in [1.29, 1.82) is 0 Å². The molecule has 1 N–H and O–H groups in total. The molecule has 1 aromatic heterocycles. The fourth-order valence-corrected chi connectivity index (χ4v) is 6.11. The average molecular weight is 669 g/mol. The normalized spacial score (nSPS) is 16.4. The maximum atomic E-state index is 15.1. The zero-order valence-electron chi connectivity index (χ0n) is 26.0. The number of halogens is 4. The molecule has 5 rings (SSSR count). The average Bonchev–Trinajstić information content (AvgIpc) is 3.53. The Labute approximate surface area is 273 Å². The number of aliphatic imine (C=N–C) groups is 1. The third-order valence-electron chi connectivity index (χ3n) is 7.30. The zero-order chi connectivity index (χ0) is 33.7. The summed E-state index contributed by atoms with van der Waals surface area (Å²) in [6.45, 7) is 6.28. The van der Waals surface area contributed by atoms with Crippen molar-refractivity contribution >= 4 is 34.5 Å². The molecule has 0 spiro atoms. The van der Waals surface area contributed by atoms with Gasteiger partial charge in [-0.3, -0.25) is 0 Å². The highest BCUT2D eigenvalue weighted by Crippen LogP contribution is 2.37. The van der Waals surface area contributed by atoms with E-state index in [4.69, 9.17) is 4.74 Å². The van der Waals surface area contributed by atoms with E-state index in [0.717, 1.165) is 29.6 Å². The summed E-state index contributed by atoms with van der Waals surface area (Å²) in [7, 11) is 1.61. The Kier molecular flexibility index (Phi) is 10.2. The van der Waals surface area contributed by atoms with E-state index in [-0.39, 0.29) is 23.3 Å². The van der Waals surface area contributed by atoms with Crippen LogP contribution in [-0.2, 0) is 0 Å². The Balaban J connectivity index is 1.26. The molecule has 0 radical (unpaired) electrons. The monoisotopic (exact) mass is 668 g/mol. The second-order valence-corrected chi connectivity index (χ2v) is 12.0. The number of rotatable bonds is 8. The molecule has 0 saturated carbocycles. The molecule has 0 bridgehead atoms. The largest absolute Gasteiger partial charge is 0.573 e. The lowest BCUT2D eigenvalue weighted by Crippen LogP contribution is -2.42. The van der Waals surface area contributed by atoms with Crippen LogP contribution in [0.3, 0.4) is 0 Å². The standard InChI is InChI=1S/C33H32F4N6O3S/c1-20(2)27-14-13-26(45-4)17-29(27)43-21(3)15-16-47-32(43)40-31(44)38-18-28(34)22-5-7-23(8-6-22)30-39-19-42(41-30)24-9-11-25(12-10-24)46-33(35,36)37/h5-14,17-21H,15-16H2,1-4H3,(H,38,44)/b28-18-,40-32?. The molecular formula is C33H32F4N6O3S. The molecule has 1 saturated heterocycles. The summed E-state index contributed by atoms with van der Waals surface area (Å²) in [6, 6.07) is 16.7. The van der Waals surface area contributed by atoms with Crippen molar-refractivity contribution in [2.75, 3.05) is 17.8 Å². The second-order valence-electron chi connectivity index (χ2n) is 10.9. The molecule has 3 aromatic carbocycles. The molecule has 47 heavy (non-hydrogen) atoms. The number of carbonyl (C=O) groups is 1. The van der Waals surface area contributed by atoms with Crippen molar-refractivity contribution in [2.24, 2.45) is 4.99 Å². The van der Waals surface area contributed by atoms with Gasteiger partial charge in [-0.05, 0) is 55.2 Å². The van der Waals surface area contributed by atoms with E-state index >= 15 is 4.39 Å². The van der Waals surface area contributed by atoms with Gasteiger partial charge in [0.2, 0.25) is 0 Å². The minimum absolute atomic E-state index is 0.0810. The van der Waals surface area contributed by atoms with Gasteiger partial charge in [-0.2, -0.15) is 4.99 Å². The van der Waals surface area contributed by atoms with Crippen LogP contribution in [0.4, 0.5) is 28.0 Å². The van der Waals surface area contributed by atoms with Gasteiger partial charge in [-0.15, -0.1) is 18.3 Å². The smallest absolute Gasteiger partial charge is 0.497 e. The van der Waals surface area contributed by atoms with E-state index in [1.54, 1.807) is 19.2 Å². The molecule has 14 heteroatoms. The second kappa shape index (κ2) is 14.3. The highest BCUT2D eigenvalue weighted by molar-refractivity contribution is 8.14. The Bertz CT molecular complexity index is 1770. The Morgan fingerprint density at radius 2 is 1.79 bits per heavy atom. The lowest BCUT2D eigenvalue weighted by atomic mass is 9.99. The molecule has 1 unspecified atom stereocenters. The predicted octanol–water partition coefficient (Wildman–Crippen LogP) is 8.33. The molecule has 1 aliphatic rings. The van der Waals surface area contributed by atoms with Crippen molar-refractivity contribution in [3.8, 4) is 28.6 Å². The van der Waals surface area contributed by atoms with Crippen LogP contribution in [0.2, 0.25) is 0 Å². The fraction of sp³-hybridized carbons (Fsp3) is 0.273. The molecule has 2 heterocycles. The number of ether oxygens (including phenoxy) is 2. The summed E-state index contributed by atoms with van der Waals surface area (Å²) in [4.78, 5) is 23.4. The molecule has 1 aliphatic heterocycles. The Hall–Kier alpha value is -4.85. The van der Waals surface area contributed by atoms with Crippen LogP contribution in [0, 0.1) is 0 Å². The van der Waals surface area contributed by atoms with Gasteiger partial charge >= 0.3 is 12.4 Å². The maximum absolute atomic E-state index is 15.1. The number of anilines is 1. The third kappa shape index (κ3) is 8.30. The molecule has 4 aromatic rings. The SMILES string of the molecule is COc1ccc(C(C)C)c(N2C(=NC(=O)N/C=C(\F)c3ccc(-c4ncn(-c5ccc(OC(F)(F)F)cc5)n4)cc3)SCCC2C)c1. The number of amides is 2. The van der Waals surface area contributed by atoms with Gasteiger partial charge in [0.05, 0.1) is 18.5 Å². The van der Waals surface area contributed by atoms with Crippen LogP contribution in [-0.4, -0.2) is 51.2 Å². The Morgan fingerprint density at radius 3 is 2.45 bits per heavy atom. The number of hydrogen-bond donors (Lipinski definition) is 1. The van der Waals surface area contributed by atoms with Gasteiger partial charge in [-0.25, -0.2) is 18.9 Å². The summed E-state index contributed by atoms with van der Waals surface area (Å²) < 4.78 is 63.1. The van der Waals surface area contributed by atoms with Crippen LogP contribution in [0.15, 0.2) is 84.2 Å². The molecule has 0 aliphatic carbocycles. The number of methoxy groups -OCH3 is 1. The topological polar surface area (TPSA) is 93.9 Å². The lowest BCUT2D eigenvalue weighted by molar-refractivity contribution is -0.274. The Morgan fingerprint density at radius 1 is 1.09 bits per heavy atom. The maximum Gasteiger partial charge on any atom is 0.573 e. The highest BCUT2D eigenvalue weighted by Gasteiger charge is 2.31. The minimum Gasteiger partial charge on any atom is -0.497 e. The van der Waals surface area contributed by atoms with Crippen LogP contribution >= 0.6 is 11.8 Å². The van der Waals surface area contributed by atoms with Crippen molar-refractivity contribution in [2.45, 2.75) is 45.5 Å². The van der Waals surface area contributed by atoms with Gasteiger partial charge in [-0.1, -0.05) is 55.9 Å². The van der Waals surface area contributed by atoms with E-state index in [1.165, 1.54) is 59.2 Å². The van der Waals surface area contributed by atoms with E-state index in [0.29, 0.717) is 28.0 Å². The summed E-state index contributed by atoms with van der Waals surface area (Å²) in [5, 5.41) is 7.30. The van der Waals surface area contributed by atoms with Gasteiger partial charge in [0, 0.05) is 35.2 Å². The van der Waals surface area contributed by atoms with E-state index < -0.39 is 18.2 Å². The van der Waals surface area contributed by atoms with Crippen molar-refractivity contribution in [3.05, 3.63) is 90.4 Å². The number of alkyl halides is 3. The van der Waals surface area contributed by atoms with Gasteiger partial charge in [0.25, 0.3) is 0 Å². The number of amidine groups is 1. The molecule has 246 valence electrons. The zero-order valence-corrected chi connectivity index (χ0v) is 26.8. The van der Waals surface area contributed by atoms with Gasteiger partial charge in [0.15, 0.2) is 11.0 Å². The van der Waals surface area contributed by atoms with Gasteiger partial charge in [0.1, 0.15) is 23.7 Å². The van der Waals surface area contributed by atoms with Crippen molar-refractivity contribution in [3.63, 3.8) is 0 Å². The first-order valence-electron chi connectivity index (χ1n) is 14.7. The summed E-state index contributed by atoms with van der Waals surface area (Å²) in [5.74, 6) is 1.00. The number of nitrogens with zero attached hydrogens (tertiary/aromatic N) is 5. The molecule has 2 amide bonds. The minimum atomic E-state index is -4.78. The van der Waals surface area contributed by atoms with Crippen LogP contribution in [0.5, 0.6) is 11.5 Å². The van der Waals surface area contributed by atoms with Crippen LogP contribution < -0.4 is 19.7 Å². The number of aromatic nitrogens is 3. The van der Waals surface area contributed by atoms with Crippen molar-refractivity contribution in [1.82, 2.24) is 20.1 Å². The quantitative estimate of drug-likeness (QED) is 0.189. The number of urea groups is 1. The molecular weight excluding hydrogens is 636 g/mol. The first kappa shape index (κ1) is 33.5. The number of thioether (sulfide) groups is 1. The summed E-state index contributed by atoms with van der Waals surface area (Å²) in [5.41, 5.74) is 3.27. The number of nitrogens with one attached hydrogen (secondary N) is 1. The number of benzene rings is 3.